The van der Waals surface area contributed by atoms with E-state index in [9.17, 15) is 22.4 Å². The number of anilines is 1. The molecule has 0 aliphatic heterocycles. The molecule has 10 nitrogen and oxygen atoms in total. The summed E-state index contributed by atoms with van der Waals surface area (Å²) in [6.45, 7) is 7.46. The van der Waals surface area contributed by atoms with Gasteiger partial charge in [0, 0.05) is 24.2 Å². The number of rotatable bonds is 11. The minimum atomic E-state index is -3.88. The van der Waals surface area contributed by atoms with Gasteiger partial charge in [0.1, 0.15) is 22.9 Å². The number of sulfonamides is 1. The van der Waals surface area contributed by atoms with Gasteiger partial charge in [0.25, 0.3) is 15.6 Å². The summed E-state index contributed by atoms with van der Waals surface area (Å²) in [6, 6.07) is 14.6. The number of aromatic nitrogens is 4. The number of hydrogen-bond acceptors (Lipinski definition) is 6. The predicted octanol–water partition coefficient (Wildman–Crippen LogP) is 5.20. The normalized spacial score (nSPS) is 11.7. The monoisotopic (exact) mass is 633 g/mol. The first-order valence-electron chi connectivity index (χ1n) is 14.7. The molecule has 5 rings (SSSR count). The Kier molecular flexibility index (Phi) is 8.96. The summed E-state index contributed by atoms with van der Waals surface area (Å²) >= 11 is 0. The topological polar surface area (TPSA) is 128 Å². The Labute approximate surface area is 260 Å². The van der Waals surface area contributed by atoms with Crippen molar-refractivity contribution in [2.75, 3.05) is 11.8 Å². The molecule has 0 saturated heterocycles. The standard InChI is InChI=1S/C33H36FN5O5S/c1-6-7-16-38-31-29(32(40)39(33(38)41)19-24-10-8-9-11-26(24)34)35-28(36-31)18-23-12-14-25(15-13-23)37-45(42,43)30-20(2)17-27(44-5)21(3)22(30)4/h8-15,17,37H,6-7,16,18-19H2,1-5H3,(H,35,36). The fourth-order valence-corrected chi connectivity index (χ4v) is 7.08. The summed E-state index contributed by atoms with van der Waals surface area (Å²) in [7, 11) is -2.33. The number of aryl methyl sites for hydroxylation is 2. The van der Waals surface area contributed by atoms with Gasteiger partial charge in [-0.05, 0) is 73.7 Å². The Bertz CT molecular complexity index is 2120. The third-order valence-electron chi connectivity index (χ3n) is 7.98. The average Bonchev–Trinajstić information content (AvgIpc) is 3.42. The number of imidazole rings is 1. The molecule has 3 aromatic carbocycles. The molecule has 0 amide bonds. The zero-order chi connectivity index (χ0) is 32.5. The first-order valence-corrected chi connectivity index (χ1v) is 16.2. The van der Waals surface area contributed by atoms with Crippen LogP contribution in [0.15, 0.2) is 69.1 Å². The maximum absolute atomic E-state index is 14.4. The first kappa shape index (κ1) is 31.7. The molecule has 0 unspecified atom stereocenters. The van der Waals surface area contributed by atoms with E-state index in [4.69, 9.17) is 4.74 Å². The Morgan fingerprint density at radius 2 is 1.71 bits per heavy atom. The lowest BCUT2D eigenvalue weighted by Gasteiger charge is -2.17. The first-order chi connectivity index (χ1) is 21.4. The second-order valence-electron chi connectivity index (χ2n) is 11.1. The number of methoxy groups -OCH3 is 1. The highest BCUT2D eigenvalue weighted by Gasteiger charge is 2.23. The van der Waals surface area contributed by atoms with Crippen LogP contribution in [-0.2, 0) is 29.5 Å². The van der Waals surface area contributed by atoms with Crippen molar-refractivity contribution in [2.45, 2.75) is 64.9 Å². The quantitative estimate of drug-likeness (QED) is 0.206. The van der Waals surface area contributed by atoms with Gasteiger partial charge in [-0.25, -0.2) is 22.6 Å². The maximum Gasteiger partial charge on any atom is 0.333 e. The molecule has 5 aromatic rings. The van der Waals surface area contributed by atoms with Crippen molar-refractivity contribution >= 4 is 26.9 Å². The van der Waals surface area contributed by atoms with Gasteiger partial charge in [-0.1, -0.05) is 43.7 Å². The summed E-state index contributed by atoms with van der Waals surface area (Å²) in [6.07, 6.45) is 1.82. The number of H-pyrrole nitrogens is 1. The van der Waals surface area contributed by atoms with Crippen molar-refractivity contribution < 1.29 is 17.5 Å². The highest BCUT2D eigenvalue weighted by molar-refractivity contribution is 7.92. The smallest absolute Gasteiger partial charge is 0.333 e. The van der Waals surface area contributed by atoms with E-state index in [0.29, 0.717) is 47.8 Å². The number of nitrogens with one attached hydrogen (secondary N) is 2. The average molecular weight is 634 g/mol. The SMILES string of the molecule is CCCCn1c(=O)n(Cc2ccccc2F)c(=O)c2[nH]c(Cc3ccc(NS(=O)(=O)c4c(C)cc(OC)c(C)c4C)cc3)nc21. The van der Waals surface area contributed by atoms with E-state index in [1.165, 1.54) is 10.6 Å². The Morgan fingerprint density at radius 3 is 2.38 bits per heavy atom. The van der Waals surface area contributed by atoms with Crippen LogP contribution in [0.5, 0.6) is 5.75 Å². The molecule has 0 spiro atoms. The number of fused-ring (bicyclic) bond motifs is 1. The second kappa shape index (κ2) is 12.7. The number of ether oxygens (including phenoxy) is 1. The van der Waals surface area contributed by atoms with Gasteiger partial charge < -0.3 is 9.72 Å². The van der Waals surface area contributed by atoms with Crippen LogP contribution in [0.25, 0.3) is 11.2 Å². The van der Waals surface area contributed by atoms with E-state index in [1.54, 1.807) is 69.5 Å². The van der Waals surface area contributed by atoms with Crippen molar-refractivity contribution in [3.63, 3.8) is 0 Å². The number of nitrogens with zero attached hydrogens (tertiary/aromatic N) is 3. The molecule has 236 valence electrons. The summed E-state index contributed by atoms with van der Waals surface area (Å²) < 4.78 is 51.6. The van der Waals surface area contributed by atoms with Gasteiger partial charge in [-0.15, -0.1) is 0 Å². The summed E-state index contributed by atoms with van der Waals surface area (Å²) in [4.78, 5) is 34.8. The highest BCUT2D eigenvalue weighted by Crippen LogP contribution is 2.31. The molecule has 0 radical (unpaired) electrons. The molecular formula is C33H36FN5O5S. The number of benzene rings is 3. The Hall–Kier alpha value is -4.71. The Balaban J connectivity index is 1.43. The molecule has 0 saturated carbocycles. The zero-order valence-corrected chi connectivity index (χ0v) is 26.7. The van der Waals surface area contributed by atoms with Crippen molar-refractivity contribution in [3.05, 3.63) is 115 Å². The molecule has 0 aliphatic carbocycles. The zero-order valence-electron chi connectivity index (χ0n) is 25.9. The third kappa shape index (κ3) is 6.28. The van der Waals surface area contributed by atoms with Crippen LogP contribution in [0.2, 0.25) is 0 Å². The molecule has 0 bridgehead atoms. The minimum absolute atomic E-state index is 0.168. The molecule has 2 N–H and O–H groups in total. The van der Waals surface area contributed by atoms with Crippen molar-refractivity contribution in [1.29, 1.82) is 0 Å². The summed E-state index contributed by atoms with van der Waals surface area (Å²) in [5.74, 6) is 0.596. The minimum Gasteiger partial charge on any atom is -0.496 e. The molecule has 45 heavy (non-hydrogen) atoms. The lowest BCUT2D eigenvalue weighted by atomic mass is 10.1. The van der Waals surface area contributed by atoms with E-state index in [1.807, 2.05) is 13.8 Å². The van der Waals surface area contributed by atoms with Crippen molar-refractivity contribution in [1.82, 2.24) is 19.1 Å². The van der Waals surface area contributed by atoms with Gasteiger partial charge in [-0.2, -0.15) is 0 Å². The van der Waals surface area contributed by atoms with E-state index in [-0.39, 0.29) is 28.2 Å². The molecule has 12 heteroatoms. The van der Waals surface area contributed by atoms with Crippen LogP contribution < -0.4 is 20.7 Å². The van der Waals surface area contributed by atoms with Gasteiger partial charge in [-0.3, -0.25) is 18.7 Å². The van der Waals surface area contributed by atoms with E-state index < -0.39 is 27.1 Å². The molecule has 0 atom stereocenters. The lowest BCUT2D eigenvalue weighted by Crippen LogP contribution is -2.40. The van der Waals surface area contributed by atoms with E-state index in [2.05, 4.69) is 14.7 Å². The lowest BCUT2D eigenvalue weighted by molar-refractivity contribution is 0.410. The third-order valence-corrected chi connectivity index (χ3v) is 9.65. The molecular weight excluding hydrogens is 597 g/mol. The fourth-order valence-electron chi connectivity index (χ4n) is 5.49. The van der Waals surface area contributed by atoms with Crippen LogP contribution >= 0.6 is 0 Å². The van der Waals surface area contributed by atoms with Crippen LogP contribution in [0.3, 0.4) is 0 Å². The van der Waals surface area contributed by atoms with Crippen molar-refractivity contribution in [2.24, 2.45) is 0 Å². The maximum atomic E-state index is 14.4. The predicted molar refractivity (Wildman–Crippen MR) is 172 cm³/mol. The van der Waals surface area contributed by atoms with Crippen LogP contribution in [-0.4, -0.2) is 34.6 Å². The largest absolute Gasteiger partial charge is 0.496 e. The number of hydrogen-bond donors (Lipinski definition) is 2. The fraction of sp³-hybridized carbons (Fsp3) is 0.303. The molecule has 2 heterocycles. The molecule has 2 aromatic heterocycles. The molecule has 0 aliphatic rings. The summed E-state index contributed by atoms with van der Waals surface area (Å²) in [5, 5.41) is 0. The Morgan fingerprint density at radius 1 is 1.00 bits per heavy atom. The van der Waals surface area contributed by atoms with Crippen LogP contribution in [0.1, 0.15) is 53.4 Å². The highest BCUT2D eigenvalue weighted by atomic mass is 32.2. The van der Waals surface area contributed by atoms with E-state index in [0.717, 1.165) is 22.1 Å². The van der Waals surface area contributed by atoms with Crippen LogP contribution in [0, 0.1) is 26.6 Å². The van der Waals surface area contributed by atoms with Gasteiger partial charge in [0.05, 0.1) is 18.6 Å². The van der Waals surface area contributed by atoms with Crippen LogP contribution in [0.4, 0.5) is 10.1 Å². The van der Waals surface area contributed by atoms with Crippen molar-refractivity contribution in [3.8, 4) is 5.75 Å². The van der Waals surface area contributed by atoms with Gasteiger partial charge in [0.15, 0.2) is 5.65 Å². The van der Waals surface area contributed by atoms with Gasteiger partial charge >= 0.3 is 5.69 Å². The molecule has 0 fully saturated rings. The number of unbranched alkanes of at least 4 members (excludes halogenated alkanes) is 1. The second-order valence-corrected chi connectivity index (χ2v) is 12.7. The summed E-state index contributed by atoms with van der Waals surface area (Å²) in [5.41, 5.74) is 2.68. The number of halogens is 1. The number of aromatic amines is 1. The van der Waals surface area contributed by atoms with E-state index >= 15 is 0 Å². The van der Waals surface area contributed by atoms with Gasteiger partial charge in [0.2, 0.25) is 0 Å².